The molecule has 146 valence electrons. The van der Waals surface area contributed by atoms with Gasteiger partial charge in [0.05, 0.1) is 18.4 Å². The van der Waals surface area contributed by atoms with Crippen LogP contribution < -0.4 is 4.74 Å². The average molecular weight is 414 g/mol. The van der Waals surface area contributed by atoms with Crippen LogP contribution in [0.2, 0.25) is 5.02 Å². The number of ether oxygens (including phenoxy) is 1. The molecule has 5 nitrogen and oxygen atoms in total. The molecule has 1 heterocycles. The summed E-state index contributed by atoms with van der Waals surface area (Å²) in [5, 5.41) is 15.1. The largest absolute Gasteiger partial charge is 0.497 e. The molecule has 0 fully saturated rings. The lowest BCUT2D eigenvalue weighted by molar-refractivity contribution is 0.103. The Hall–Kier alpha value is -3.88. The predicted molar refractivity (Wildman–Crippen MR) is 115 cm³/mol. The van der Waals surface area contributed by atoms with Crippen molar-refractivity contribution in [2.24, 2.45) is 0 Å². The Bertz CT molecular complexity index is 1240. The van der Waals surface area contributed by atoms with Crippen LogP contribution >= 0.6 is 11.6 Å². The zero-order valence-corrected chi connectivity index (χ0v) is 16.8. The lowest BCUT2D eigenvalue weighted by atomic mass is 9.98. The number of nitrogens with zero attached hydrogens (tertiary/aromatic N) is 3. The highest BCUT2D eigenvalue weighted by Gasteiger charge is 2.26. The van der Waals surface area contributed by atoms with Crippen LogP contribution in [0.4, 0.5) is 0 Å². The van der Waals surface area contributed by atoms with Gasteiger partial charge in [0.25, 0.3) is 0 Å². The Kier molecular flexibility index (Phi) is 5.34. The maximum atomic E-state index is 13.5. The van der Waals surface area contributed by atoms with Gasteiger partial charge in [-0.3, -0.25) is 4.79 Å². The molecule has 0 aliphatic rings. The number of rotatable bonds is 5. The van der Waals surface area contributed by atoms with E-state index in [9.17, 15) is 10.1 Å². The predicted octanol–water partition coefficient (Wildman–Crippen LogP) is 5.30. The summed E-state index contributed by atoms with van der Waals surface area (Å²) in [5.74, 6) is 0.353. The Morgan fingerprint density at radius 2 is 1.67 bits per heavy atom. The van der Waals surface area contributed by atoms with E-state index >= 15 is 0 Å². The summed E-state index contributed by atoms with van der Waals surface area (Å²) in [4.78, 5) is 13.5. The molecule has 4 rings (SSSR count). The van der Waals surface area contributed by atoms with Crippen molar-refractivity contribution in [3.63, 3.8) is 0 Å². The molecule has 0 unspecified atom stereocenters. The smallest absolute Gasteiger partial charge is 0.198 e. The summed E-state index contributed by atoms with van der Waals surface area (Å²) in [6.45, 7) is 0. The number of halogens is 1. The first-order valence-electron chi connectivity index (χ1n) is 9.15. The lowest BCUT2D eigenvalue weighted by Gasteiger charge is -2.05. The molecular weight excluding hydrogens is 398 g/mol. The van der Waals surface area contributed by atoms with Crippen LogP contribution in [0.3, 0.4) is 0 Å². The van der Waals surface area contributed by atoms with Gasteiger partial charge in [-0.05, 0) is 48.5 Å². The molecule has 6 heteroatoms. The molecule has 0 aliphatic heterocycles. The maximum Gasteiger partial charge on any atom is 0.198 e. The van der Waals surface area contributed by atoms with Crippen LogP contribution in [0, 0.1) is 11.3 Å². The molecule has 0 amide bonds. The van der Waals surface area contributed by atoms with Crippen molar-refractivity contribution in [2.45, 2.75) is 0 Å². The second-order valence-electron chi connectivity index (χ2n) is 6.50. The summed E-state index contributed by atoms with van der Waals surface area (Å²) in [6, 6.07) is 25.2. The second-order valence-corrected chi connectivity index (χ2v) is 6.93. The van der Waals surface area contributed by atoms with Crippen LogP contribution in [0.15, 0.2) is 78.9 Å². The Balaban J connectivity index is 1.94. The van der Waals surface area contributed by atoms with Crippen LogP contribution in [0.5, 0.6) is 5.75 Å². The molecule has 0 saturated carbocycles. The number of benzene rings is 3. The van der Waals surface area contributed by atoms with E-state index in [0.717, 1.165) is 0 Å². The third kappa shape index (κ3) is 3.57. The number of hydrogen-bond acceptors (Lipinski definition) is 4. The van der Waals surface area contributed by atoms with E-state index < -0.39 is 0 Å². The van der Waals surface area contributed by atoms with Gasteiger partial charge in [-0.15, -0.1) is 0 Å². The summed E-state index contributed by atoms with van der Waals surface area (Å²) >= 11 is 6.03. The van der Waals surface area contributed by atoms with Crippen molar-refractivity contribution in [1.29, 1.82) is 5.26 Å². The minimum Gasteiger partial charge on any atom is -0.497 e. The van der Waals surface area contributed by atoms with Crippen molar-refractivity contribution in [1.82, 2.24) is 9.78 Å². The first-order valence-corrected chi connectivity index (χ1v) is 9.53. The Morgan fingerprint density at radius 1 is 1.00 bits per heavy atom. The highest BCUT2D eigenvalue weighted by atomic mass is 35.5. The fourth-order valence-corrected chi connectivity index (χ4v) is 3.31. The van der Waals surface area contributed by atoms with Crippen LogP contribution in [0.25, 0.3) is 16.9 Å². The average Bonchev–Trinajstić information content (AvgIpc) is 3.19. The van der Waals surface area contributed by atoms with Gasteiger partial charge < -0.3 is 4.74 Å². The molecule has 30 heavy (non-hydrogen) atoms. The highest BCUT2D eigenvalue weighted by molar-refractivity contribution is 6.30. The molecular formula is C24H16ClN3O2. The van der Waals surface area contributed by atoms with Gasteiger partial charge in [-0.1, -0.05) is 41.9 Å². The number of para-hydroxylation sites is 1. The van der Waals surface area contributed by atoms with E-state index in [1.807, 2.05) is 30.3 Å². The molecule has 0 bridgehead atoms. The van der Waals surface area contributed by atoms with E-state index in [1.54, 1.807) is 55.6 Å². The fraction of sp³-hybridized carbons (Fsp3) is 0.0417. The van der Waals surface area contributed by atoms with Crippen molar-refractivity contribution in [2.75, 3.05) is 7.11 Å². The number of methoxy groups -OCH3 is 1. The zero-order chi connectivity index (χ0) is 21.1. The minimum absolute atomic E-state index is 0.173. The number of aromatic nitrogens is 2. The van der Waals surface area contributed by atoms with Gasteiger partial charge in [0.2, 0.25) is 0 Å². The third-order valence-corrected chi connectivity index (χ3v) is 4.94. The summed E-state index contributed by atoms with van der Waals surface area (Å²) in [7, 11) is 1.56. The molecule has 0 aliphatic carbocycles. The van der Waals surface area contributed by atoms with E-state index in [1.165, 1.54) is 4.68 Å². The van der Waals surface area contributed by atoms with Gasteiger partial charge in [0, 0.05) is 16.1 Å². The first kappa shape index (κ1) is 19.4. The number of carbonyl (C=O) groups excluding carboxylic acids is 1. The number of carbonyl (C=O) groups is 1. The van der Waals surface area contributed by atoms with Crippen molar-refractivity contribution in [3.8, 4) is 28.8 Å². The molecule has 0 atom stereocenters. The van der Waals surface area contributed by atoms with Crippen LogP contribution in [-0.4, -0.2) is 22.7 Å². The molecule has 0 N–H and O–H groups in total. The quantitative estimate of drug-likeness (QED) is 0.416. The van der Waals surface area contributed by atoms with E-state index in [2.05, 4.69) is 11.2 Å². The summed E-state index contributed by atoms with van der Waals surface area (Å²) < 4.78 is 6.67. The molecule has 0 saturated heterocycles. The van der Waals surface area contributed by atoms with E-state index in [-0.39, 0.29) is 17.0 Å². The normalized spacial score (nSPS) is 10.4. The Morgan fingerprint density at radius 3 is 2.27 bits per heavy atom. The second kappa shape index (κ2) is 8.24. The van der Waals surface area contributed by atoms with Gasteiger partial charge >= 0.3 is 0 Å². The van der Waals surface area contributed by atoms with Crippen LogP contribution in [-0.2, 0) is 0 Å². The topological polar surface area (TPSA) is 67.9 Å². The standard InChI is InChI=1S/C24H16ClN3O2/c1-30-20-13-9-17(10-14-20)24(29)22-21(15-26)28(19-5-3-2-4-6-19)27-23(22)16-7-11-18(25)12-8-16/h2-14H,1H3. The maximum absolute atomic E-state index is 13.5. The minimum atomic E-state index is -0.290. The SMILES string of the molecule is COc1ccc(C(=O)c2c(-c3ccc(Cl)cc3)nn(-c3ccccc3)c2C#N)cc1. The van der Waals surface area contributed by atoms with Crippen molar-refractivity contribution in [3.05, 3.63) is 101 Å². The molecule has 1 aromatic heterocycles. The Labute approximate surface area is 178 Å². The third-order valence-electron chi connectivity index (χ3n) is 4.69. The lowest BCUT2D eigenvalue weighted by Crippen LogP contribution is -2.06. The number of ketones is 1. The summed E-state index contributed by atoms with van der Waals surface area (Å²) in [5.41, 5.74) is 2.67. The number of hydrogen-bond donors (Lipinski definition) is 0. The monoisotopic (exact) mass is 413 g/mol. The molecule has 0 radical (unpaired) electrons. The fourth-order valence-electron chi connectivity index (χ4n) is 3.19. The van der Waals surface area contributed by atoms with Crippen LogP contribution in [0.1, 0.15) is 21.6 Å². The van der Waals surface area contributed by atoms with Gasteiger partial charge in [0.15, 0.2) is 11.5 Å². The molecule has 4 aromatic rings. The van der Waals surface area contributed by atoms with E-state index in [0.29, 0.717) is 33.3 Å². The summed E-state index contributed by atoms with van der Waals surface area (Å²) in [6.07, 6.45) is 0. The molecule has 3 aromatic carbocycles. The highest BCUT2D eigenvalue weighted by Crippen LogP contribution is 2.30. The molecule has 0 spiro atoms. The van der Waals surface area contributed by atoms with E-state index in [4.69, 9.17) is 16.3 Å². The van der Waals surface area contributed by atoms with Crippen molar-refractivity contribution >= 4 is 17.4 Å². The van der Waals surface area contributed by atoms with Crippen molar-refractivity contribution < 1.29 is 9.53 Å². The zero-order valence-electron chi connectivity index (χ0n) is 16.0. The number of nitriles is 1. The van der Waals surface area contributed by atoms with Gasteiger partial charge in [-0.2, -0.15) is 10.4 Å². The first-order chi connectivity index (χ1) is 14.6. The van der Waals surface area contributed by atoms with Gasteiger partial charge in [0.1, 0.15) is 17.5 Å². The van der Waals surface area contributed by atoms with Gasteiger partial charge in [-0.25, -0.2) is 4.68 Å².